The summed E-state index contributed by atoms with van der Waals surface area (Å²) < 4.78 is 5.19. The highest BCUT2D eigenvalue weighted by Gasteiger charge is 2.24. The SMILES string of the molecule is CCOC(=O)[C@@H](NCC[C@@H](C)CC(C)(C)C)c1ccccc1Cl. The lowest BCUT2D eigenvalue weighted by molar-refractivity contribution is -0.145. The molecule has 0 fully saturated rings. The molecule has 1 N–H and O–H groups in total. The van der Waals surface area contributed by atoms with E-state index in [-0.39, 0.29) is 5.97 Å². The monoisotopic (exact) mass is 339 g/mol. The molecule has 23 heavy (non-hydrogen) atoms. The van der Waals surface area contributed by atoms with Crippen molar-refractivity contribution in [1.82, 2.24) is 5.32 Å². The first-order valence-corrected chi connectivity index (χ1v) is 8.77. The molecule has 0 bridgehead atoms. The summed E-state index contributed by atoms with van der Waals surface area (Å²) in [6, 6.07) is 6.91. The van der Waals surface area contributed by atoms with Crippen LogP contribution >= 0.6 is 11.6 Å². The van der Waals surface area contributed by atoms with Gasteiger partial charge in [0.05, 0.1) is 6.61 Å². The number of halogens is 1. The number of esters is 1. The Morgan fingerprint density at radius 1 is 1.30 bits per heavy atom. The maximum Gasteiger partial charge on any atom is 0.327 e. The Labute approximate surface area is 145 Å². The molecule has 130 valence electrons. The Hall–Kier alpha value is -1.06. The molecular weight excluding hydrogens is 310 g/mol. The Morgan fingerprint density at radius 2 is 1.96 bits per heavy atom. The lowest BCUT2D eigenvalue weighted by Crippen LogP contribution is -2.32. The number of rotatable bonds is 8. The normalized spacial score (nSPS) is 14.3. The molecule has 0 aliphatic rings. The van der Waals surface area contributed by atoms with Gasteiger partial charge in [-0.15, -0.1) is 0 Å². The lowest BCUT2D eigenvalue weighted by Gasteiger charge is -2.24. The van der Waals surface area contributed by atoms with E-state index in [0.29, 0.717) is 23.0 Å². The van der Waals surface area contributed by atoms with Crippen molar-refractivity contribution in [3.63, 3.8) is 0 Å². The van der Waals surface area contributed by atoms with Crippen LogP contribution in [0.1, 0.15) is 59.1 Å². The first-order valence-electron chi connectivity index (χ1n) is 8.39. The summed E-state index contributed by atoms with van der Waals surface area (Å²) in [4.78, 5) is 12.3. The predicted molar refractivity (Wildman–Crippen MR) is 96.7 cm³/mol. The molecule has 1 aromatic carbocycles. The Kier molecular flexibility index (Phi) is 8.07. The van der Waals surface area contributed by atoms with Crippen LogP contribution in [0.25, 0.3) is 0 Å². The second kappa shape index (κ2) is 9.29. The zero-order valence-electron chi connectivity index (χ0n) is 15.0. The summed E-state index contributed by atoms with van der Waals surface area (Å²) in [6.45, 7) is 11.9. The van der Waals surface area contributed by atoms with Gasteiger partial charge in [0, 0.05) is 5.02 Å². The third kappa shape index (κ3) is 7.36. The second-order valence-corrected chi connectivity index (χ2v) is 7.73. The molecule has 0 aromatic heterocycles. The zero-order chi connectivity index (χ0) is 17.5. The topological polar surface area (TPSA) is 38.3 Å². The molecule has 1 rings (SSSR count). The van der Waals surface area contributed by atoms with Gasteiger partial charge in [0.25, 0.3) is 0 Å². The fraction of sp³-hybridized carbons (Fsp3) is 0.632. The summed E-state index contributed by atoms with van der Waals surface area (Å²) in [5, 5.41) is 3.90. The molecule has 4 heteroatoms. The van der Waals surface area contributed by atoms with Crippen molar-refractivity contribution < 1.29 is 9.53 Å². The molecule has 0 aliphatic carbocycles. The Balaban J connectivity index is 2.68. The van der Waals surface area contributed by atoms with E-state index >= 15 is 0 Å². The van der Waals surface area contributed by atoms with Crippen LogP contribution in [0.4, 0.5) is 0 Å². The van der Waals surface area contributed by atoms with Gasteiger partial charge in [-0.05, 0) is 49.3 Å². The van der Waals surface area contributed by atoms with E-state index in [1.54, 1.807) is 6.07 Å². The summed E-state index contributed by atoms with van der Waals surface area (Å²) in [6.07, 6.45) is 2.17. The average molecular weight is 340 g/mol. The number of hydrogen-bond acceptors (Lipinski definition) is 3. The molecule has 0 saturated heterocycles. The fourth-order valence-electron chi connectivity index (χ4n) is 2.88. The molecule has 0 amide bonds. The Bertz CT molecular complexity index is 496. The van der Waals surface area contributed by atoms with Crippen molar-refractivity contribution in [2.75, 3.05) is 13.2 Å². The van der Waals surface area contributed by atoms with Gasteiger partial charge in [-0.2, -0.15) is 0 Å². The molecule has 0 heterocycles. The van der Waals surface area contributed by atoms with Gasteiger partial charge in [0.1, 0.15) is 6.04 Å². The molecule has 0 radical (unpaired) electrons. The molecule has 2 atom stereocenters. The number of carbonyl (C=O) groups excluding carboxylic acids is 1. The molecule has 3 nitrogen and oxygen atoms in total. The van der Waals surface area contributed by atoms with Crippen molar-refractivity contribution >= 4 is 17.6 Å². The number of nitrogens with one attached hydrogen (secondary N) is 1. The van der Waals surface area contributed by atoms with Crippen molar-refractivity contribution in [3.8, 4) is 0 Å². The fourth-order valence-corrected chi connectivity index (χ4v) is 3.12. The number of hydrogen-bond donors (Lipinski definition) is 1. The molecule has 1 aromatic rings. The van der Waals surface area contributed by atoms with Gasteiger partial charge in [0.2, 0.25) is 0 Å². The minimum Gasteiger partial charge on any atom is -0.465 e. The summed E-state index contributed by atoms with van der Waals surface area (Å²) in [5.74, 6) is 0.320. The van der Waals surface area contributed by atoms with Gasteiger partial charge < -0.3 is 10.1 Å². The maximum atomic E-state index is 12.3. The van der Waals surface area contributed by atoms with Crippen LogP contribution in [0.5, 0.6) is 0 Å². The van der Waals surface area contributed by atoms with Crippen LogP contribution in [0.2, 0.25) is 5.02 Å². The molecule has 0 unspecified atom stereocenters. The number of ether oxygens (including phenoxy) is 1. The minimum absolute atomic E-state index is 0.274. The van der Waals surface area contributed by atoms with Crippen LogP contribution in [0.15, 0.2) is 24.3 Å². The molecule has 0 saturated carbocycles. The van der Waals surface area contributed by atoms with Gasteiger partial charge >= 0.3 is 5.97 Å². The highest BCUT2D eigenvalue weighted by molar-refractivity contribution is 6.31. The van der Waals surface area contributed by atoms with Gasteiger partial charge in [0.15, 0.2) is 0 Å². The second-order valence-electron chi connectivity index (χ2n) is 7.32. The maximum absolute atomic E-state index is 12.3. The molecular formula is C19H30ClNO2. The van der Waals surface area contributed by atoms with Crippen LogP contribution in [0, 0.1) is 11.3 Å². The molecule has 0 spiro atoms. The first kappa shape index (κ1) is 20.0. The van der Waals surface area contributed by atoms with E-state index in [2.05, 4.69) is 33.0 Å². The van der Waals surface area contributed by atoms with Gasteiger partial charge in [-0.25, -0.2) is 4.79 Å². The van der Waals surface area contributed by atoms with Crippen molar-refractivity contribution in [1.29, 1.82) is 0 Å². The number of benzene rings is 1. The highest BCUT2D eigenvalue weighted by atomic mass is 35.5. The summed E-state index contributed by atoms with van der Waals surface area (Å²) >= 11 is 6.24. The van der Waals surface area contributed by atoms with E-state index < -0.39 is 6.04 Å². The van der Waals surface area contributed by atoms with Crippen molar-refractivity contribution in [3.05, 3.63) is 34.9 Å². The van der Waals surface area contributed by atoms with E-state index in [0.717, 1.165) is 24.9 Å². The minimum atomic E-state index is -0.509. The standard InChI is InChI=1S/C19H30ClNO2/c1-6-23-18(22)17(15-9-7-8-10-16(15)20)21-12-11-14(2)13-19(3,4)5/h7-10,14,17,21H,6,11-13H2,1-5H3/t14-,17+/m1/s1. The smallest absolute Gasteiger partial charge is 0.327 e. The highest BCUT2D eigenvalue weighted by Crippen LogP contribution is 2.27. The summed E-state index contributed by atoms with van der Waals surface area (Å²) in [7, 11) is 0. The van der Waals surface area contributed by atoms with Crippen molar-refractivity contribution in [2.24, 2.45) is 11.3 Å². The quantitative estimate of drug-likeness (QED) is 0.677. The van der Waals surface area contributed by atoms with E-state index in [1.165, 1.54) is 0 Å². The van der Waals surface area contributed by atoms with Crippen LogP contribution < -0.4 is 5.32 Å². The van der Waals surface area contributed by atoms with Crippen LogP contribution in [-0.4, -0.2) is 19.1 Å². The Morgan fingerprint density at radius 3 is 2.52 bits per heavy atom. The van der Waals surface area contributed by atoms with Crippen molar-refractivity contribution in [2.45, 2.75) is 53.5 Å². The van der Waals surface area contributed by atoms with Crippen LogP contribution in [0.3, 0.4) is 0 Å². The first-order chi connectivity index (χ1) is 10.7. The predicted octanol–water partition coefficient (Wildman–Crippen LogP) is 5.00. The number of carbonyl (C=O) groups is 1. The zero-order valence-corrected chi connectivity index (χ0v) is 15.7. The van der Waals surface area contributed by atoms with E-state index in [1.807, 2.05) is 25.1 Å². The van der Waals surface area contributed by atoms with Gasteiger partial charge in [-0.1, -0.05) is 57.5 Å². The third-order valence-electron chi connectivity index (χ3n) is 3.68. The third-order valence-corrected chi connectivity index (χ3v) is 4.03. The largest absolute Gasteiger partial charge is 0.465 e. The average Bonchev–Trinajstić information content (AvgIpc) is 2.43. The van der Waals surface area contributed by atoms with E-state index in [4.69, 9.17) is 16.3 Å². The van der Waals surface area contributed by atoms with Gasteiger partial charge in [-0.3, -0.25) is 0 Å². The van der Waals surface area contributed by atoms with Crippen LogP contribution in [-0.2, 0) is 9.53 Å². The lowest BCUT2D eigenvalue weighted by atomic mass is 9.84. The molecule has 0 aliphatic heterocycles. The summed E-state index contributed by atoms with van der Waals surface area (Å²) in [5.41, 5.74) is 1.10. The van der Waals surface area contributed by atoms with E-state index in [9.17, 15) is 4.79 Å².